The van der Waals surface area contributed by atoms with Crippen molar-refractivity contribution in [3.63, 3.8) is 0 Å². The minimum absolute atomic E-state index is 0.390. The van der Waals surface area contributed by atoms with Crippen LogP contribution in [0.15, 0.2) is 56.1 Å². The van der Waals surface area contributed by atoms with Crippen molar-refractivity contribution in [2.75, 3.05) is 7.11 Å². The Bertz CT molecular complexity index is 1130. The van der Waals surface area contributed by atoms with E-state index in [0.29, 0.717) is 11.3 Å². The minimum atomic E-state index is -0.390. The first-order chi connectivity index (χ1) is 11.6. The van der Waals surface area contributed by atoms with E-state index in [0.717, 1.165) is 38.8 Å². The summed E-state index contributed by atoms with van der Waals surface area (Å²) >= 11 is 0. The van der Waals surface area contributed by atoms with E-state index < -0.39 is 5.63 Å². The van der Waals surface area contributed by atoms with Crippen LogP contribution in [0.25, 0.3) is 33.3 Å². The normalized spacial score (nSPS) is 11.3. The number of rotatable bonds is 2. The average molecular weight is 320 g/mol. The molecule has 0 radical (unpaired) electrons. The Morgan fingerprint density at radius 1 is 0.875 bits per heavy atom. The summed E-state index contributed by atoms with van der Waals surface area (Å²) in [5.74, 6) is 1.45. The first kappa shape index (κ1) is 14.6. The summed E-state index contributed by atoms with van der Waals surface area (Å²) in [6.07, 6.45) is 0. The van der Waals surface area contributed by atoms with Crippen molar-refractivity contribution in [1.82, 2.24) is 0 Å². The lowest BCUT2D eigenvalue weighted by Crippen LogP contribution is -1.98. The summed E-state index contributed by atoms with van der Waals surface area (Å²) in [4.78, 5) is 12.0. The second-order valence-corrected chi connectivity index (χ2v) is 5.90. The highest BCUT2D eigenvalue weighted by molar-refractivity contribution is 5.97. The molecule has 2 heterocycles. The molecule has 0 bridgehead atoms. The Balaban J connectivity index is 2.07. The second-order valence-electron chi connectivity index (χ2n) is 5.90. The topological polar surface area (TPSA) is 52.6 Å². The van der Waals surface area contributed by atoms with Crippen LogP contribution in [-0.4, -0.2) is 7.11 Å². The van der Waals surface area contributed by atoms with Gasteiger partial charge in [-0.1, -0.05) is 11.6 Å². The fourth-order valence-electron chi connectivity index (χ4n) is 3.05. The number of benzene rings is 2. The van der Waals surface area contributed by atoms with Gasteiger partial charge in [0.1, 0.15) is 22.7 Å². The van der Waals surface area contributed by atoms with Gasteiger partial charge in [0.2, 0.25) is 0 Å². The zero-order chi connectivity index (χ0) is 16.8. The first-order valence-corrected chi connectivity index (χ1v) is 7.69. The third-order valence-electron chi connectivity index (χ3n) is 4.29. The van der Waals surface area contributed by atoms with Crippen molar-refractivity contribution in [1.29, 1.82) is 0 Å². The van der Waals surface area contributed by atoms with E-state index in [9.17, 15) is 4.79 Å². The highest BCUT2D eigenvalue weighted by Gasteiger charge is 2.17. The van der Waals surface area contributed by atoms with Gasteiger partial charge in [-0.3, -0.25) is 0 Å². The van der Waals surface area contributed by atoms with Crippen LogP contribution in [0, 0.1) is 13.8 Å². The van der Waals surface area contributed by atoms with Crippen LogP contribution in [0.1, 0.15) is 11.1 Å². The first-order valence-electron chi connectivity index (χ1n) is 7.69. The maximum Gasteiger partial charge on any atom is 0.336 e. The molecule has 4 nitrogen and oxygen atoms in total. The quantitative estimate of drug-likeness (QED) is 0.496. The SMILES string of the molecule is COc1ccc2oc(-c3cc(=O)oc4ccc(C)cc34)c(C)c2c1. The van der Waals surface area contributed by atoms with Gasteiger partial charge in [-0.2, -0.15) is 0 Å². The number of aryl methyl sites for hydroxylation is 2. The minimum Gasteiger partial charge on any atom is -0.497 e. The molecular formula is C20H16O4. The van der Waals surface area contributed by atoms with E-state index in [1.165, 1.54) is 6.07 Å². The molecule has 4 aromatic rings. The number of hydrogen-bond acceptors (Lipinski definition) is 4. The van der Waals surface area contributed by atoms with Crippen LogP contribution in [0.5, 0.6) is 5.75 Å². The third-order valence-corrected chi connectivity index (χ3v) is 4.29. The molecule has 2 aromatic carbocycles. The highest BCUT2D eigenvalue weighted by atomic mass is 16.5. The molecule has 0 N–H and O–H groups in total. The van der Waals surface area contributed by atoms with Crippen molar-refractivity contribution < 1.29 is 13.6 Å². The van der Waals surface area contributed by atoms with E-state index in [1.807, 2.05) is 50.2 Å². The predicted octanol–water partition coefficient (Wildman–Crippen LogP) is 4.83. The second kappa shape index (κ2) is 5.27. The predicted molar refractivity (Wildman–Crippen MR) is 93.7 cm³/mol. The smallest absolute Gasteiger partial charge is 0.336 e. The molecule has 2 aromatic heterocycles. The molecule has 0 saturated carbocycles. The summed E-state index contributed by atoms with van der Waals surface area (Å²) in [6.45, 7) is 3.99. The lowest BCUT2D eigenvalue weighted by Gasteiger charge is -2.05. The Kier molecular flexibility index (Phi) is 3.20. The molecule has 4 heteroatoms. The van der Waals surface area contributed by atoms with Crippen molar-refractivity contribution in [2.24, 2.45) is 0 Å². The van der Waals surface area contributed by atoms with E-state index in [1.54, 1.807) is 7.11 Å². The van der Waals surface area contributed by atoms with E-state index in [-0.39, 0.29) is 0 Å². The van der Waals surface area contributed by atoms with Gasteiger partial charge in [-0.25, -0.2) is 4.79 Å². The highest BCUT2D eigenvalue weighted by Crippen LogP contribution is 2.37. The van der Waals surface area contributed by atoms with Crippen LogP contribution >= 0.6 is 0 Å². The molecule has 0 aliphatic carbocycles. The number of ether oxygens (including phenoxy) is 1. The molecular weight excluding hydrogens is 304 g/mol. The zero-order valence-electron chi connectivity index (χ0n) is 13.7. The van der Waals surface area contributed by atoms with Gasteiger partial charge in [0.15, 0.2) is 0 Å². The molecule has 0 saturated heterocycles. The van der Waals surface area contributed by atoms with E-state index in [2.05, 4.69) is 0 Å². The number of hydrogen-bond donors (Lipinski definition) is 0. The lowest BCUT2D eigenvalue weighted by molar-refractivity contribution is 0.415. The van der Waals surface area contributed by atoms with Crippen molar-refractivity contribution in [3.8, 4) is 17.1 Å². The number of fused-ring (bicyclic) bond motifs is 2. The van der Waals surface area contributed by atoms with Crippen LogP contribution < -0.4 is 10.4 Å². The van der Waals surface area contributed by atoms with Crippen LogP contribution in [0.3, 0.4) is 0 Å². The van der Waals surface area contributed by atoms with Gasteiger partial charge in [0, 0.05) is 28.0 Å². The van der Waals surface area contributed by atoms with Gasteiger partial charge in [-0.05, 0) is 44.2 Å². The molecule has 0 amide bonds. The summed E-state index contributed by atoms with van der Waals surface area (Å²) < 4.78 is 16.7. The molecule has 120 valence electrons. The van der Waals surface area contributed by atoms with Crippen molar-refractivity contribution in [3.05, 3.63) is 64.0 Å². The third kappa shape index (κ3) is 2.19. The maximum absolute atomic E-state index is 12.0. The monoisotopic (exact) mass is 320 g/mol. The lowest BCUT2D eigenvalue weighted by atomic mass is 10.0. The molecule has 0 fully saturated rings. The molecule has 0 spiro atoms. The Labute approximate surface area is 138 Å². The molecule has 24 heavy (non-hydrogen) atoms. The fourth-order valence-corrected chi connectivity index (χ4v) is 3.05. The van der Waals surface area contributed by atoms with Crippen molar-refractivity contribution in [2.45, 2.75) is 13.8 Å². The van der Waals surface area contributed by atoms with Crippen molar-refractivity contribution >= 4 is 21.9 Å². The Morgan fingerprint density at radius 3 is 2.42 bits per heavy atom. The largest absolute Gasteiger partial charge is 0.497 e. The molecule has 0 aliphatic heterocycles. The summed E-state index contributed by atoms with van der Waals surface area (Å²) in [6, 6.07) is 12.9. The molecule has 0 atom stereocenters. The summed E-state index contributed by atoms with van der Waals surface area (Å²) in [7, 11) is 1.64. The van der Waals surface area contributed by atoms with Gasteiger partial charge >= 0.3 is 5.63 Å². The molecule has 0 aliphatic rings. The van der Waals surface area contributed by atoms with E-state index >= 15 is 0 Å². The van der Waals surface area contributed by atoms with Crippen LogP contribution in [-0.2, 0) is 0 Å². The van der Waals surface area contributed by atoms with Gasteiger partial charge < -0.3 is 13.6 Å². The molecule has 0 unspecified atom stereocenters. The Hall–Kier alpha value is -3.01. The van der Waals surface area contributed by atoms with Gasteiger partial charge in [0.25, 0.3) is 0 Å². The van der Waals surface area contributed by atoms with Gasteiger partial charge in [-0.15, -0.1) is 0 Å². The summed E-state index contributed by atoms with van der Waals surface area (Å²) in [5, 5.41) is 1.84. The standard InChI is InChI=1S/C20H16O4/c1-11-4-6-18-15(8-11)16(10-19(21)23-18)20-12(2)14-9-13(22-3)5-7-17(14)24-20/h4-10H,1-3H3. The van der Waals surface area contributed by atoms with Crippen LogP contribution in [0.2, 0.25) is 0 Å². The Morgan fingerprint density at radius 2 is 1.62 bits per heavy atom. The molecule has 4 rings (SSSR count). The average Bonchev–Trinajstić information content (AvgIpc) is 2.90. The number of furan rings is 1. The summed E-state index contributed by atoms with van der Waals surface area (Å²) in [5.41, 5.74) is 3.74. The van der Waals surface area contributed by atoms with E-state index in [4.69, 9.17) is 13.6 Å². The maximum atomic E-state index is 12.0. The van der Waals surface area contributed by atoms with Crippen LogP contribution in [0.4, 0.5) is 0 Å². The van der Waals surface area contributed by atoms with Gasteiger partial charge in [0.05, 0.1) is 7.11 Å². The zero-order valence-corrected chi connectivity index (χ0v) is 13.7. The fraction of sp³-hybridized carbons (Fsp3) is 0.150. The number of methoxy groups -OCH3 is 1.